The van der Waals surface area contributed by atoms with Crippen molar-refractivity contribution in [1.82, 2.24) is 0 Å². The zero-order chi connectivity index (χ0) is 47.0. The second kappa shape index (κ2) is 18.2. The Bertz CT molecular complexity index is 2740. The Morgan fingerprint density at radius 1 is 0.812 bits per heavy atom. The second-order valence-electron chi connectivity index (χ2n) is 20.7. The first-order valence-electron chi connectivity index (χ1n) is 22.2. The molecule has 0 atom stereocenters. The van der Waals surface area contributed by atoms with Gasteiger partial charge in [-0.3, -0.25) is 4.55 Å². The van der Waals surface area contributed by atoms with E-state index in [0.717, 1.165) is 118 Å². The average Bonchev–Trinajstić information content (AvgIpc) is 3.54. The molecule has 2 heterocycles. The molecule has 0 fully saturated rings. The van der Waals surface area contributed by atoms with E-state index in [1.165, 1.54) is 23.5 Å². The van der Waals surface area contributed by atoms with E-state index in [2.05, 4.69) is 126 Å². The van der Waals surface area contributed by atoms with E-state index in [9.17, 15) is 21.4 Å². The fourth-order valence-corrected chi connectivity index (χ4v) is 10.6. The lowest BCUT2D eigenvalue weighted by molar-refractivity contribution is -0.871. The number of quaternary nitrogens is 2. The van der Waals surface area contributed by atoms with E-state index in [-0.39, 0.29) is 11.4 Å². The third-order valence-electron chi connectivity index (χ3n) is 12.9. The molecule has 12 nitrogen and oxygen atoms in total. The van der Waals surface area contributed by atoms with Crippen LogP contribution in [-0.4, -0.2) is 115 Å². The Morgan fingerprint density at radius 2 is 1.45 bits per heavy atom. The van der Waals surface area contributed by atoms with Gasteiger partial charge >= 0.3 is 0 Å². The van der Waals surface area contributed by atoms with Crippen LogP contribution < -0.4 is 4.90 Å². The van der Waals surface area contributed by atoms with Crippen LogP contribution in [0.5, 0.6) is 0 Å². The fraction of sp³-hybridized carbons (Fsp3) is 0.460. The lowest BCUT2D eigenvalue weighted by Gasteiger charge is -2.29. The summed E-state index contributed by atoms with van der Waals surface area (Å²) in [6, 6.07) is 18.7. The Labute approximate surface area is 382 Å². The van der Waals surface area contributed by atoms with E-state index in [4.69, 9.17) is 5.53 Å². The van der Waals surface area contributed by atoms with Gasteiger partial charge in [0.25, 0.3) is 10.1 Å². The molecule has 0 saturated carbocycles. The van der Waals surface area contributed by atoms with Crippen LogP contribution in [0.15, 0.2) is 117 Å². The normalized spacial score (nSPS) is 18.9. The van der Waals surface area contributed by atoms with Crippen LogP contribution in [0.25, 0.3) is 16.0 Å². The van der Waals surface area contributed by atoms with E-state index in [1.54, 1.807) is 12.1 Å². The van der Waals surface area contributed by atoms with Crippen LogP contribution >= 0.6 is 0 Å². The highest BCUT2D eigenvalue weighted by Crippen LogP contribution is 2.49. The maximum atomic E-state index is 12.8. The number of benzene rings is 3. The molecule has 6 rings (SSSR count). The van der Waals surface area contributed by atoms with Gasteiger partial charge in [0.2, 0.25) is 5.69 Å². The summed E-state index contributed by atoms with van der Waals surface area (Å²) in [6.45, 7) is 12.3. The number of hydrogen-bond acceptors (Lipinski definition) is 6. The minimum Gasteiger partial charge on any atom is -0.344 e. The maximum absolute atomic E-state index is 12.8. The molecule has 3 aromatic carbocycles. The van der Waals surface area contributed by atoms with Crippen LogP contribution in [0.3, 0.4) is 0 Å². The van der Waals surface area contributed by atoms with Crippen molar-refractivity contribution in [2.75, 3.05) is 79.6 Å². The summed E-state index contributed by atoms with van der Waals surface area (Å²) in [5.74, 6) is 0. The fourth-order valence-electron chi connectivity index (χ4n) is 9.47. The molecule has 1 N–H and O–H groups in total. The van der Waals surface area contributed by atoms with Gasteiger partial charge in [0.05, 0.1) is 83.5 Å². The minimum atomic E-state index is -4.40. The van der Waals surface area contributed by atoms with Crippen molar-refractivity contribution in [2.45, 2.75) is 87.0 Å². The van der Waals surface area contributed by atoms with Gasteiger partial charge in [0.1, 0.15) is 0 Å². The number of azide groups is 1. The first-order chi connectivity index (χ1) is 29.7. The number of rotatable bonds is 16. The molecule has 64 heavy (non-hydrogen) atoms. The largest absolute Gasteiger partial charge is 0.344 e. The van der Waals surface area contributed by atoms with E-state index < -0.39 is 30.8 Å². The lowest BCUT2D eigenvalue weighted by atomic mass is 9.79. The molecular formula is C50H68N7O5S2+3. The second-order valence-corrected chi connectivity index (χ2v) is 24.1. The van der Waals surface area contributed by atoms with Gasteiger partial charge in [-0.05, 0) is 108 Å². The summed E-state index contributed by atoms with van der Waals surface area (Å²) in [4.78, 5) is 5.48. The van der Waals surface area contributed by atoms with Crippen molar-refractivity contribution < 1.29 is 34.9 Å². The summed E-state index contributed by atoms with van der Waals surface area (Å²) < 4.78 is 64.3. The number of anilines is 1. The van der Waals surface area contributed by atoms with Crippen molar-refractivity contribution in [3.63, 3.8) is 0 Å². The zero-order valence-corrected chi connectivity index (χ0v) is 41.3. The van der Waals surface area contributed by atoms with Crippen LogP contribution in [-0.2, 0) is 37.3 Å². The number of sulfone groups is 1. The summed E-state index contributed by atoms with van der Waals surface area (Å²) in [5, 5.41) is 3.79. The quantitative estimate of drug-likeness (QED) is 0.0379. The molecule has 1 aliphatic carbocycles. The third-order valence-corrected chi connectivity index (χ3v) is 14.8. The number of fused-ring (bicyclic) bond motifs is 2. The predicted molar refractivity (Wildman–Crippen MR) is 259 cm³/mol. The topological polar surface area (TPSA) is 144 Å². The van der Waals surface area contributed by atoms with E-state index >= 15 is 0 Å². The van der Waals surface area contributed by atoms with Gasteiger partial charge < -0.3 is 13.9 Å². The first kappa shape index (κ1) is 48.6. The van der Waals surface area contributed by atoms with Gasteiger partial charge in [-0.25, -0.2) is 8.42 Å². The molecule has 3 aromatic rings. The molecule has 0 saturated heterocycles. The highest BCUT2D eigenvalue weighted by molar-refractivity contribution is 7.90. The van der Waals surface area contributed by atoms with Crippen molar-refractivity contribution in [2.24, 2.45) is 5.11 Å². The SMILES string of the molecule is CC1(C)C(=CC=C2CCCC(C=CC3=[N+](CCC[N+](C)(C)C)c4ccc(S(C)(=O)=O)cc4C3(C)C)=C2c2ccc(CN=[N+]=[N-])cc2)N(CCC[N+](C)(C)C)c2ccc(S(=O)(=O)O)cc21. The van der Waals surface area contributed by atoms with E-state index in [1.807, 2.05) is 30.3 Å². The molecule has 0 unspecified atom stereocenters. The monoisotopic (exact) mass is 910 g/mol. The minimum absolute atomic E-state index is 0.114. The van der Waals surface area contributed by atoms with Crippen molar-refractivity contribution in [3.8, 4) is 0 Å². The molecule has 0 radical (unpaired) electrons. The Kier molecular flexibility index (Phi) is 13.8. The molecule has 0 aromatic heterocycles. The summed E-state index contributed by atoms with van der Waals surface area (Å²) in [5.41, 5.74) is 19.4. The summed E-state index contributed by atoms with van der Waals surface area (Å²) in [7, 11) is 5.31. The average molecular weight is 911 g/mol. The first-order valence-corrected chi connectivity index (χ1v) is 25.5. The highest BCUT2D eigenvalue weighted by atomic mass is 32.2. The third kappa shape index (κ3) is 10.8. The molecule has 342 valence electrons. The van der Waals surface area contributed by atoms with Crippen LogP contribution in [0, 0.1) is 0 Å². The molecule has 3 aliphatic rings. The Hall–Kier alpha value is -4.82. The lowest BCUT2D eigenvalue weighted by Crippen LogP contribution is -2.37. The number of allylic oxidation sites excluding steroid dienone is 8. The molecule has 0 bridgehead atoms. The van der Waals surface area contributed by atoms with Gasteiger partial charge in [0.15, 0.2) is 22.1 Å². The molecule has 0 amide bonds. The molecule has 14 heteroatoms. The molecular weight excluding hydrogens is 843 g/mol. The van der Waals surface area contributed by atoms with Gasteiger partial charge in [-0.15, -0.1) is 0 Å². The van der Waals surface area contributed by atoms with E-state index in [0.29, 0.717) is 4.90 Å². The van der Waals surface area contributed by atoms with Crippen molar-refractivity contribution >= 4 is 42.6 Å². The predicted octanol–water partition coefficient (Wildman–Crippen LogP) is 9.52. The van der Waals surface area contributed by atoms with Gasteiger partial charge in [-0.2, -0.15) is 13.0 Å². The standard InChI is InChI=1S/C50H67N7O5S2/c1-49(2)42-33-40(63(11,58)59)23-25-44(42)54(29-13-31-56(5,6)7)46(49)27-21-37-15-12-16-38(48(37)39-19-17-36(18-20-39)35-52-53-51)22-28-47-50(3,4)43-34-41(64(60,61)62)24-26-45(43)55(47)30-14-32-57(8,9)10/h17-28,33-34H,12-16,29-32,35H2,1-11H3/q+2/p+1. The Morgan fingerprint density at radius 3 is 2.08 bits per heavy atom. The maximum Gasteiger partial charge on any atom is 0.294 e. The smallest absolute Gasteiger partial charge is 0.294 e. The van der Waals surface area contributed by atoms with Crippen LogP contribution in [0.1, 0.15) is 82.1 Å². The van der Waals surface area contributed by atoms with Crippen LogP contribution in [0.2, 0.25) is 0 Å². The van der Waals surface area contributed by atoms with Gasteiger partial charge in [-0.1, -0.05) is 55.4 Å². The highest BCUT2D eigenvalue weighted by Gasteiger charge is 2.45. The van der Waals surface area contributed by atoms with Gasteiger partial charge in [0, 0.05) is 58.6 Å². The summed E-state index contributed by atoms with van der Waals surface area (Å²) in [6.07, 6.45) is 14.7. The zero-order valence-electron chi connectivity index (χ0n) is 39.7. The summed E-state index contributed by atoms with van der Waals surface area (Å²) >= 11 is 0. The Balaban J connectivity index is 1.51. The van der Waals surface area contributed by atoms with Crippen LogP contribution in [0.4, 0.5) is 11.4 Å². The van der Waals surface area contributed by atoms with Crippen molar-refractivity contribution in [3.05, 3.63) is 135 Å². The number of hydrogen-bond donors (Lipinski definition) is 1. The molecule has 0 spiro atoms. The number of nitrogens with zero attached hydrogens (tertiary/aromatic N) is 7. The molecule has 2 aliphatic heterocycles. The van der Waals surface area contributed by atoms with Crippen molar-refractivity contribution in [1.29, 1.82) is 0 Å².